The Kier molecular flexibility index (Phi) is 4.87. The first-order valence-electron chi connectivity index (χ1n) is 7.84. The van der Waals surface area contributed by atoms with Crippen molar-refractivity contribution in [2.24, 2.45) is 0 Å². The van der Waals surface area contributed by atoms with Gasteiger partial charge in [0, 0.05) is 32.2 Å². The van der Waals surface area contributed by atoms with Crippen LogP contribution in [0.2, 0.25) is 0 Å². The van der Waals surface area contributed by atoms with E-state index in [1.165, 1.54) is 19.0 Å². The second-order valence-corrected chi connectivity index (χ2v) is 5.76. The van der Waals surface area contributed by atoms with E-state index in [1.807, 2.05) is 4.90 Å². The van der Waals surface area contributed by atoms with E-state index in [0.29, 0.717) is 11.8 Å². The highest BCUT2D eigenvalue weighted by atomic mass is 16.5. The molecular weight excluding hydrogens is 270 g/mol. The van der Waals surface area contributed by atoms with Gasteiger partial charge in [0.25, 0.3) is 5.91 Å². The minimum Gasteiger partial charge on any atom is -0.438 e. The number of nitrogens with zero attached hydrogens (tertiary/aromatic N) is 3. The minimum absolute atomic E-state index is 0.0147. The molecule has 0 saturated carbocycles. The van der Waals surface area contributed by atoms with Crippen LogP contribution >= 0.6 is 0 Å². The third-order valence-electron chi connectivity index (χ3n) is 4.41. The van der Waals surface area contributed by atoms with Gasteiger partial charge in [0.2, 0.25) is 5.76 Å². The zero-order chi connectivity index (χ0) is 14.5. The van der Waals surface area contributed by atoms with Gasteiger partial charge in [-0.05, 0) is 25.7 Å². The van der Waals surface area contributed by atoms with Crippen LogP contribution in [0.3, 0.4) is 0 Å². The van der Waals surface area contributed by atoms with Crippen LogP contribution in [0.15, 0.2) is 17.0 Å². The SMILES string of the molecule is O=C(c1cnco1)N1CCCC[C@H]1CCN1CCOCC1. The smallest absolute Gasteiger partial charge is 0.291 e. The molecule has 116 valence electrons. The van der Waals surface area contributed by atoms with Gasteiger partial charge in [0.05, 0.1) is 19.4 Å². The Balaban J connectivity index is 1.57. The summed E-state index contributed by atoms with van der Waals surface area (Å²) in [6, 6.07) is 0.319. The number of aromatic nitrogens is 1. The van der Waals surface area contributed by atoms with Crippen LogP contribution in [0, 0.1) is 0 Å². The summed E-state index contributed by atoms with van der Waals surface area (Å²) in [5.41, 5.74) is 0. The molecule has 0 radical (unpaired) electrons. The summed E-state index contributed by atoms with van der Waals surface area (Å²) in [4.78, 5) is 20.7. The van der Waals surface area contributed by atoms with Gasteiger partial charge < -0.3 is 14.1 Å². The number of ether oxygens (including phenoxy) is 1. The monoisotopic (exact) mass is 293 g/mol. The molecule has 6 nitrogen and oxygen atoms in total. The molecule has 3 heterocycles. The largest absolute Gasteiger partial charge is 0.438 e. The molecule has 6 heteroatoms. The maximum absolute atomic E-state index is 12.5. The van der Waals surface area contributed by atoms with E-state index < -0.39 is 0 Å². The molecule has 0 N–H and O–H groups in total. The first kappa shape index (κ1) is 14.5. The number of amides is 1. The molecule has 2 fully saturated rings. The molecule has 0 aliphatic carbocycles. The quantitative estimate of drug-likeness (QED) is 0.839. The number of likely N-dealkylation sites (tertiary alicyclic amines) is 1. The second-order valence-electron chi connectivity index (χ2n) is 5.76. The summed E-state index contributed by atoms with van der Waals surface area (Å²) in [5.74, 6) is 0.340. The van der Waals surface area contributed by atoms with Crippen molar-refractivity contribution >= 4 is 5.91 Å². The number of carbonyl (C=O) groups excluding carboxylic acids is 1. The van der Waals surface area contributed by atoms with Gasteiger partial charge in [-0.25, -0.2) is 4.98 Å². The average molecular weight is 293 g/mol. The number of carbonyl (C=O) groups is 1. The van der Waals surface area contributed by atoms with E-state index in [1.54, 1.807) is 0 Å². The number of hydrogen-bond donors (Lipinski definition) is 0. The van der Waals surface area contributed by atoms with Crippen molar-refractivity contribution in [1.82, 2.24) is 14.8 Å². The topological polar surface area (TPSA) is 58.8 Å². The Morgan fingerprint density at radius 3 is 2.90 bits per heavy atom. The number of hydrogen-bond acceptors (Lipinski definition) is 5. The van der Waals surface area contributed by atoms with Gasteiger partial charge in [0.1, 0.15) is 0 Å². The molecule has 1 aromatic rings. The Morgan fingerprint density at radius 1 is 1.29 bits per heavy atom. The number of oxazole rings is 1. The maximum Gasteiger partial charge on any atom is 0.291 e. The molecule has 0 spiro atoms. The number of rotatable bonds is 4. The van der Waals surface area contributed by atoms with Crippen LogP contribution < -0.4 is 0 Å². The molecular formula is C15H23N3O3. The standard InChI is InChI=1S/C15H23N3O3/c19-15(14-11-16-12-21-14)18-5-2-1-3-13(18)4-6-17-7-9-20-10-8-17/h11-13H,1-10H2/t13-/m0/s1. The number of morpholine rings is 1. The molecule has 21 heavy (non-hydrogen) atoms. The van der Waals surface area contributed by atoms with Gasteiger partial charge in [-0.3, -0.25) is 9.69 Å². The highest BCUT2D eigenvalue weighted by molar-refractivity contribution is 5.91. The number of piperidine rings is 1. The Bertz CT molecular complexity index is 443. The molecule has 1 aromatic heterocycles. The fraction of sp³-hybridized carbons (Fsp3) is 0.733. The van der Waals surface area contributed by atoms with E-state index in [9.17, 15) is 4.79 Å². The van der Waals surface area contributed by atoms with E-state index in [-0.39, 0.29) is 5.91 Å². The summed E-state index contributed by atoms with van der Waals surface area (Å²) >= 11 is 0. The molecule has 2 aliphatic rings. The molecule has 1 amide bonds. The van der Waals surface area contributed by atoms with Crippen molar-refractivity contribution < 1.29 is 13.9 Å². The van der Waals surface area contributed by atoms with Crippen LogP contribution in [0.1, 0.15) is 36.2 Å². The first-order valence-corrected chi connectivity index (χ1v) is 7.84. The zero-order valence-corrected chi connectivity index (χ0v) is 12.4. The maximum atomic E-state index is 12.5. The van der Waals surface area contributed by atoms with Crippen LogP contribution in [0.5, 0.6) is 0 Å². The van der Waals surface area contributed by atoms with Crippen molar-refractivity contribution in [1.29, 1.82) is 0 Å². The lowest BCUT2D eigenvalue weighted by Gasteiger charge is -2.37. The van der Waals surface area contributed by atoms with Gasteiger partial charge in [-0.1, -0.05) is 0 Å². The normalized spacial score (nSPS) is 24.2. The van der Waals surface area contributed by atoms with Gasteiger partial charge in [-0.15, -0.1) is 0 Å². The Labute approximate surface area is 125 Å². The van der Waals surface area contributed by atoms with Crippen molar-refractivity contribution in [3.05, 3.63) is 18.4 Å². The third kappa shape index (κ3) is 3.63. The van der Waals surface area contributed by atoms with Crippen LogP contribution in [0.25, 0.3) is 0 Å². The van der Waals surface area contributed by atoms with Crippen molar-refractivity contribution in [3.63, 3.8) is 0 Å². The second kappa shape index (κ2) is 7.04. The van der Waals surface area contributed by atoms with Crippen molar-refractivity contribution in [3.8, 4) is 0 Å². The Morgan fingerprint density at radius 2 is 2.14 bits per heavy atom. The predicted molar refractivity (Wildman–Crippen MR) is 77.1 cm³/mol. The lowest BCUT2D eigenvalue weighted by Crippen LogP contribution is -2.46. The Hall–Kier alpha value is -1.40. The zero-order valence-electron chi connectivity index (χ0n) is 12.4. The summed E-state index contributed by atoms with van der Waals surface area (Å²) in [6.07, 6.45) is 7.22. The molecule has 0 unspecified atom stereocenters. The highest BCUT2D eigenvalue weighted by Gasteiger charge is 2.29. The average Bonchev–Trinajstić information content (AvgIpc) is 3.08. The van der Waals surface area contributed by atoms with Crippen LogP contribution in [0.4, 0.5) is 0 Å². The molecule has 0 aromatic carbocycles. The lowest BCUT2D eigenvalue weighted by atomic mass is 9.98. The fourth-order valence-corrected chi connectivity index (χ4v) is 3.19. The fourth-order valence-electron chi connectivity index (χ4n) is 3.19. The van der Waals surface area contributed by atoms with E-state index >= 15 is 0 Å². The summed E-state index contributed by atoms with van der Waals surface area (Å²) in [7, 11) is 0. The van der Waals surface area contributed by atoms with Gasteiger partial charge in [0.15, 0.2) is 6.39 Å². The molecule has 2 aliphatic heterocycles. The van der Waals surface area contributed by atoms with Crippen molar-refractivity contribution in [2.75, 3.05) is 39.4 Å². The molecule has 0 bridgehead atoms. The molecule has 3 rings (SSSR count). The summed E-state index contributed by atoms with van der Waals surface area (Å²) in [5, 5.41) is 0. The van der Waals surface area contributed by atoms with Gasteiger partial charge in [-0.2, -0.15) is 0 Å². The van der Waals surface area contributed by atoms with Crippen LogP contribution in [-0.2, 0) is 4.74 Å². The predicted octanol–water partition coefficient (Wildman–Crippen LogP) is 1.39. The van der Waals surface area contributed by atoms with Crippen LogP contribution in [-0.4, -0.2) is 66.1 Å². The lowest BCUT2D eigenvalue weighted by molar-refractivity contribution is 0.0290. The van der Waals surface area contributed by atoms with E-state index in [0.717, 1.165) is 58.7 Å². The van der Waals surface area contributed by atoms with Gasteiger partial charge >= 0.3 is 0 Å². The molecule has 2 saturated heterocycles. The third-order valence-corrected chi connectivity index (χ3v) is 4.41. The van der Waals surface area contributed by atoms with E-state index in [4.69, 9.17) is 9.15 Å². The summed E-state index contributed by atoms with van der Waals surface area (Å²) < 4.78 is 10.5. The summed E-state index contributed by atoms with van der Waals surface area (Å²) in [6.45, 7) is 5.52. The minimum atomic E-state index is -0.0147. The molecule has 1 atom stereocenters. The van der Waals surface area contributed by atoms with E-state index in [2.05, 4.69) is 9.88 Å². The highest BCUT2D eigenvalue weighted by Crippen LogP contribution is 2.22. The van der Waals surface area contributed by atoms with Crippen molar-refractivity contribution in [2.45, 2.75) is 31.7 Å². The first-order chi connectivity index (χ1) is 10.3.